The Balaban J connectivity index is 1.39. The largest absolute Gasteiger partial charge is 0.497 e. The molecule has 1 atom stereocenters. The van der Waals surface area contributed by atoms with Gasteiger partial charge in [0.25, 0.3) is 5.91 Å². The van der Waals surface area contributed by atoms with Gasteiger partial charge < -0.3 is 19.9 Å². The van der Waals surface area contributed by atoms with Gasteiger partial charge in [0.05, 0.1) is 19.2 Å². The number of hydrogen-bond acceptors (Lipinski definition) is 5. The predicted octanol–water partition coefficient (Wildman–Crippen LogP) is 3.48. The molecule has 8 heteroatoms. The summed E-state index contributed by atoms with van der Waals surface area (Å²) in [6.45, 7) is 5.91. The molecule has 2 aliphatic rings. The zero-order valence-electron chi connectivity index (χ0n) is 21.2. The van der Waals surface area contributed by atoms with E-state index in [2.05, 4.69) is 40.5 Å². The highest BCUT2D eigenvalue weighted by Crippen LogP contribution is 2.29. The Hall–Kier alpha value is -2.97. The molecule has 1 N–H and O–H groups in total. The molecule has 2 aliphatic heterocycles. The van der Waals surface area contributed by atoms with Crippen molar-refractivity contribution in [1.82, 2.24) is 15.1 Å². The fourth-order valence-corrected chi connectivity index (χ4v) is 5.53. The first-order chi connectivity index (χ1) is 17.5. The van der Waals surface area contributed by atoms with Gasteiger partial charge in [0.2, 0.25) is 5.91 Å². The van der Waals surface area contributed by atoms with Crippen LogP contribution in [0.3, 0.4) is 0 Å². The lowest BCUT2D eigenvalue weighted by atomic mass is 9.90. The van der Waals surface area contributed by atoms with E-state index in [-0.39, 0.29) is 18.2 Å². The van der Waals surface area contributed by atoms with Gasteiger partial charge in [0.1, 0.15) is 11.8 Å². The molecule has 0 spiro atoms. The van der Waals surface area contributed by atoms with Gasteiger partial charge in [-0.2, -0.15) is 0 Å². The Morgan fingerprint density at radius 2 is 1.75 bits per heavy atom. The Bertz CT molecular complexity index is 1040. The van der Waals surface area contributed by atoms with Crippen molar-refractivity contribution < 1.29 is 14.3 Å². The Labute approximate surface area is 219 Å². The third-order valence-electron chi connectivity index (χ3n) is 7.13. The summed E-state index contributed by atoms with van der Waals surface area (Å²) >= 11 is 5.78. The third kappa shape index (κ3) is 6.23. The van der Waals surface area contributed by atoms with Crippen molar-refractivity contribution in [3.05, 3.63) is 60.2 Å². The standard InChI is InChI=1S/C28H36N4O3S/c1-3-29-26(33)20-25-27(34)32(23-9-11-24(35-2)12-10-23)28(36)31(25)18-17-30-15-13-22(14-16-30)19-21-7-5-4-6-8-21/h4-12,22,25H,3,13-20H2,1-2H3,(H,29,33)/t25-/m0/s1. The molecular weight excluding hydrogens is 472 g/mol. The Kier molecular flexibility index (Phi) is 8.93. The summed E-state index contributed by atoms with van der Waals surface area (Å²) in [5.74, 6) is 1.12. The lowest BCUT2D eigenvalue weighted by Gasteiger charge is -2.34. The van der Waals surface area contributed by atoms with Crippen molar-refractivity contribution in [3.63, 3.8) is 0 Å². The normalized spacial score (nSPS) is 19.1. The number of benzene rings is 2. The molecule has 2 aromatic carbocycles. The number of hydrogen-bond donors (Lipinski definition) is 1. The van der Waals surface area contributed by atoms with Gasteiger partial charge in [-0.1, -0.05) is 30.3 Å². The number of carbonyl (C=O) groups is 2. The maximum absolute atomic E-state index is 13.5. The van der Waals surface area contributed by atoms with Gasteiger partial charge in [-0.15, -0.1) is 0 Å². The van der Waals surface area contributed by atoms with Crippen molar-refractivity contribution in [2.75, 3.05) is 44.7 Å². The highest BCUT2D eigenvalue weighted by atomic mass is 32.1. The van der Waals surface area contributed by atoms with Gasteiger partial charge in [-0.25, -0.2) is 0 Å². The van der Waals surface area contributed by atoms with Crippen LogP contribution < -0.4 is 15.0 Å². The number of anilines is 1. The smallest absolute Gasteiger partial charge is 0.256 e. The van der Waals surface area contributed by atoms with Crippen LogP contribution in [-0.4, -0.2) is 72.6 Å². The molecule has 2 heterocycles. The summed E-state index contributed by atoms with van der Waals surface area (Å²) in [5.41, 5.74) is 2.10. The molecule has 0 aromatic heterocycles. The molecule has 192 valence electrons. The summed E-state index contributed by atoms with van der Waals surface area (Å²) in [4.78, 5) is 31.8. The second-order valence-corrected chi connectivity index (χ2v) is 9.86. The zero-order valence-corrected chi connectivity index (χ0v) is 22.0. The SMILES string of the molecule is CCNC(=O)C[C@H]1C(=O)N(c2ccc(OC)cc2)C(=S)N1CCN1CCC(Cc2ccccc2)CC1. The first kappa shape index (κ1) is 26.1. The van der Waals surface area contributed by atoms with Crippen LogP contribution in [0.25, 0.3) is 0 Å². The quantitative estimate of drug-likeness (QED) is 0.496. The van der Waals surface area contributed by atoms with Gasteiger partial charge in [-0.3, -0.25) is 14.5 Å². The number of ether oxygens (including phenoxy) is 1. The molecule has 4 rings (SSSR count). The van der Waals surface area contributed by atoms with Crippen LogP contribution in [0.1, 0.15) is 31.7 Å². The average Bonchev–Trinajstić information content (AvgIpc) is 3.12. The van der Waals surface area contributed by atoms with E-state index in [1.54, 1.807) is 12.0 Å². The van der Waals surface area contributed by atoms with Crippen LogP contribution in [0.15, 0.2) is 54.6 Å². The number of nitrogens with one attached hydrogen (secondary N) is 1. The maximum atomic E-state index is 13.5. The van der Waals surface area contributed by atoms with Gasteiger partial charge in [0.15, 0.2) is 5.11 Å². The molecule has 0 unspecified atom stereocenters. The second-order valence-electron chi connectivity index (χ2n) is 9.50. The van der Waals surface area contributed by atoms with Crippen molar-refractivity contribution in [1.29, 1.82) is 0 Å². The van der Waals surface area contributed by atoms with E-state index in [0.29, 0.717) is 35.6 Å². The van der Waals surface area contributed by atoms with E-state index in [1.807, 2.05) is 36.1 Å². The van der Waals surface area contributed by atoms with Gasteiger partial charge in [0, 0.05) is 19.6 Å². The fraction of sp³-hybridized carbons (Fsp3) is 0.464. The highest BCUT2D eigenvalue weighted by molar-refractivity contribution is 7.80. The maximum Gasteiger partial charge on any atom is 0.256 e. The molecule has 0 radical (unpaired) electrons. The van der Waals surface area contributed by atoms with E-state index in [1.165, 1.54) is 18.4 Å². The van der Waals surface area contributed by atoms with Crippen molar-refractivity contribution in [2.45, 2.75) is 38.6 Å². The van der Waals surface area contributed by atoms with Crippen molar-refractivity contribution >= 4 is 34.8 Å². The molecule has 2 aromatic rings. The molecule has 2 fully saturated rings. The van der Waals surface area contributed by atoms with E-state index in [9.17, 15) is 9.59 Å². The van der Waals surface area contributed by atoms with Crippen LogP contribution in [0.4, 0.5) is 5.69 Å². The number of piperidine rings is 1. The Morgan fingerprint density at radius 3 is 2.39 bits per heavy atom. The first-order valence-electron chi connectivity index (χ1n) is 12.8. The summed E-state index contributed by atoms with van der Waals surface area (Å²) < 4.78 is 5.25. The summed E-state index contributed by atoms with van der Waals surface area (Å²) in [6, 6.07) is 17.4. The zero-order chi connectivity index (χ0) is 25.5. The molecule has 0 aliphatic carbocycles. The Morgan fingerprint density at radius 1 is 1.06 bits per heavy atom. The lowest BCUT2D eigenvalue weighted by molar-refractivity contribution is -0.127. The fourth-order valence-electron chi connectivity index (χ4n) is 5.11. The molecule has 0 bridgehead atoms. The molecule has 36 heavy (non-hydrogen) atoms. The summed E-state index contributed by atoms with van der Waals surface area (Å²) in [5, 5.41) is 3.28. The number of carbonyl (C=O) groups excluding carboxylic acids is 2. The van der Waals surface area contributed by atoms with Crippen LogP contribution in [0.5, 0.6) is 5.75 Å². The van der Waals surface area contributed by atoms with E-state index in [0.717, 1.165) is 26.1 Å². The number of thiocarbonyl (C=S) groups is 1. The molecule has 2 saturated heterocycles. The molecule has 2 amide bonds. The number of likely N-dealkylation sites (tertiary alicyclic amines) is 1. The molecular formula is C28H36N4O3S. The minimum Gasteiger partial charge on any atom is -0.497 e. The molecule has 7 nitrogen and oxygen atoms in total. The predicted molar refractivity (Wildman–Crippen MR) is 146 cm³/mol. The van der Waals surface area contributed by atoms with E-state index in [4.69, 9.17) is 17.0 Å². The average molecular weight is 509 g/mol. The van der Waals surface area contributed by atoms with Gasteiger partial charge in [-0.05, 0) is 87.2 Å². The monoisotopic (exact) mass is 508 g/mol. The minimum absolute atomic E-state index is 0.0959. The highest BCUT2D eigenvalue weighted by Gasteiger charge is 2.44. The number of methoxy groups -OCH3 is 1. The van der Waals surface area contributed by atoms with Crippen LogP contribution >= 0.6 is 12.2 Å². The van der Waals surface area contributed by atoms with E-state index < -0.39 is 6.04 Å². The number of amides is 2. The van der Waals surface area contributed by atoms with Gasteiger partial charge >= 0.3 is 0 Å². The second kappa shape index (κ2) is 12.3. The van der Waals surface area contributed by atoms with Crippen LogP contribution in [-0.2, 0) is 16.0 Å². The summed E-state index contributed by atoms with van der Waals surface area (Å²) in [7, 11) is 1.61. The molecule has 0 saturated carbocycles. The lowest BCUT2D eigenvalue weighted by Crippen LogP contribution is -2.45. The third-order valence-corrected chi connectivity index (χ3v) is 7.55. The summed E-state index contributed by atoms with van der Waals surface area (Å²) in [6.07, 6.45) is 3.56. The topological polar surface area (TPSA) is 65.1 Å². The number of rotatable bonds is 10. The minimum atomic E-state index is -0.596. The first-order valence-corrected chi connectivity index (χ1v) is 13.2. The van der Waals surface area contributed by atoms with Crippen molar-refractivity contribution in [3.8, 4) is 5.75 Å². The van der Waals surface area contributed by atoms with Crippen LogP contribution in [0, 0.1) is 5.92 Å². The number of nitrogens with zero attached hydrogens (tertiary/aromatic N) is 3. The van der Waals surface area contributed by atoms with Crippen molar-refractivity contribution in [2.24, 2.45) is 5.92 Å². The van der Waals surface area contributed by atoms with E-state index >= 15 is 0 Å². The van der Waals surface area contributed by atoms with Crippen LogP contribution in [0.2, 0.25) is 0 Å².